The average Bonchev–Trinajstić information content (AvgIpc) is 3.42. The third-order valence-electron chi connectivity index (χ3n) is 6.05. The lowest BCUT2D eigenvalue weighted by Crippen LogP contribution is -2.46. The summed E-state index contributed by atoms with van der Waals surface area (Å²) in [6, 6.07) is 3.97. The fourth-order valence-electron chi connectivity index (χ4n) is 3.90. The SMILES string of the molecule is CCCCCOC(=O)Nc1ncnn2c([C@]3(C#N)O[C@H](CO)[C@@H](OC(=O)[C@@H](N)C(C)C)[C@H]3O)ccc12. The van der Waals surface area contributed by atoms with Crippen LogP contribution in [0.3, 0.4) is 0 Å². The highest BCUT2D eigenvalue weighted by molar-refractivity contribution is 5.88. The van der Waals surface area contributed by atoms with Crippen LogP contribution in [0.15, 0.2) is 18.5 Å². The lowest BCUT2D eigenvalue weighted by molar-refractivity contribution is -0.159. The van der Waals surface area contributed by atoms with Crippen molar-refractivity contribution in [1.82, 2.24) is 14.6 Å². The van der Waals surface area contributed by atoms with Crippen molar-refractivity contribution in [2.24, 2.45) is 11.7 Å². The number of anilines is 1. The van der Waals surface area contributed by atoms with Crippen molar-refractivity contribution in [3.05, 3.63) is 24.2 Å². The fraction of sp³-hybridized carbons (Fsp3) is 0.609. The highest BCUT2D eigenvalue weighted by Gasteiger charge is 2.59. The molecule has 3 heterocycles. The maximum absolute atomic E-state index is 12.4. The number of nitrogens with one attached hydrogen (secondary N) is 1. The standard InChI is InChI=1S/C23H32N6O7/c1-4-5-6-9-34-22(33)28-20-14-7-8-16(29(14)27-12-26-20)23(11-24)19(31)18(15(10-30)36-23)35-21(32)17(25)13(2)3/h7-8,12-13,15,17-19,30-31H,4-6,9-10,25H2,1-3H3,(H,26,27,28,33)/t15-,17+,18-,19-,23+/m1/s1. The molecule has 1 aliphatic rings. The zero-order chi connectivity index (χ0) is 26.5. The van der Waals surface area contributed by atoms with Gasteiger partial charge in [0.1, 0.15) is 36.2 Å². The summed E-state index contributed by atoms with van der Waals surface area (Å²) in [6.45, 7) is 5.13. The molecular weight excluding hydrogens is 472 g/mol. The quantitative estimate of drug-likeness (QED) is 0.264. The molecule has 0 aromatic carbocycles. The zero-order valence-electron chi connectivity index (χ0n) is 20.5. The summed E-state index contributed by atoms with van der Waals surface area (Å²) >= 11 is 0. The van der Waals surface area contributed by atoms with Gasteiger partial charge in [-0.2, -0.15) is 10.4 Å². The van der Waals surface area contributed by atoms with Crippen LogP contribution in [0.1, 0.15) is 45.7 Å². The van der Waals surface area contributed by atoms with Gasteiger partial charge < -0.3 is 30.2 Å². The molecule has 5 atom stereocenters. The number of nitriles is 1. The molecule has 3 rings (SSSR count). The van der Waals surface area contributed by atoms with Crippen LogP contribution in [-0.2, 0) is 24.6 Å². The second-order valence-corrected chi connectivity index (χ2v) is 8.89. The number of aromatic nitrogens is 3. The third-order valence-corrected chi connectivity index (χ3v) is 6.05. The van der Waals surface area contributed by atoms with Crippen LogP contribution in [0.4, 0.5) is 10.6 Å². The lowest BCUT2D eigenvalue weighted by Gasteiger charge is -2.25. The van der Waals surface area contributed by atoms with E-state index >= 15 is 0 Å². The number of aliphatic hydroxyl groups is 2. The highest BCUT2D eigenvalue weighted by Crippen LogP contribution is 2.41. The Morgan fingerprint density at radius 2 is 2.14 bits per heavy atom. The van der Waals surface area contributed by atoms with Crippen LogP contribution >= 0.6 is 0 Å². The number of esters is 1. The third kappa shape index (κ3) is 5.26. The van der Waals surface area contributed by atoms with Crippen molar-refractivity contribution >= 4 is 23.4 Å². The molecule has 0 spiro atoms. The number of fused-ring (bicyclic) bond motifs is 1. The number of carbonyl (C=O) groups excluding carboxylic acids is 2. The maximum atomic E-state index is 12.4. The van der Waals surface area contributed by atoms with E-state index in [4.69, 9.17) is 19.9 Å². The molecule has 0 aliphatic carbocycles. The van der Waals surface area contributed by atoms with E-state index in [0.29, 0.717) is 5.52 Å². The molecule has 1 aliphatic heterocycles. The van der Waals surface area contributed by atoms with E-state index in [1.807, 2.05) is 13.0 Å². The summed E-state index contributed by atoms with van der Waals surface area (Å²) in [5.74, 6) is -0.918. The minimum absolute atomic E-state index is 0.0828. The Labute approximate surface area is 208 Å². The highest BCUT2D eigenvalue weighted by atomic mass is 16.6. The van der Waals surface area contributed by atoms with E-state index in [0.717, 1.165) is 25.6 Å². The fourth-order valence-corrected chi connectivity index (χ4v) is 3.90. The first-order valence-electron chi connectivity index (χ1n) is 11.8. The average molecular weight is 505 g/mol. The largest absolute Gasteiger partial charge is 0.455 e. The monoisotopic (exact) mass is 504 g/mol. The molecule has 13 heteroatoms. The Balaban J connectivity index is 1.89. The number of nitrogens with zero attached hydrogens (tertiary/aromatic N) is 4. The van der Waals surface area contributed by atoms with Crippen LogP contribution < -0.4 is 11.1 Å². The van der Waals surface area contributed by atoms with E-state index in [2.05, 4.69) is 15.4 Å². The summed E-state index contributed by atoms with van der Waals surface area (Å²) in [4.78, 5) is 28.7. The number of nitrogens with two attached hydrogens (primary N) is 1. The molecule has 0 saturated carbocycles. The Morgan fingerprint density at radius 1 is 1.39 bits per heavy atom. The van der Waals surface area contributed by atoms with E-state index in [-0.39, 0.29) is 24.0 Å². The number of ether oxygens (including phenoxy) is 3. The summed E-state index contributed by atoms with van der Waals surface area (Å²) in [5.41, 5.74) is 4.17. The van der Waals surface area contributed by atoms with Gasteiger partial charge >= 0.3 is 12.1 Å². The van der Waals surface area contributed by atoms with Crippen LogP contribution in [0.25, 0.3) is 5.52 Å². The first-order chi connectivity index (χ1) is 17.2. The van der Waals surface area contributed by atoms with Gasteiger partial charge in [-0.25, -0.2) is 14.3 Å². The van der Waals surface area contributed by atoms with Crippen molar-refractivity contribution in [3.63, 3.8) is 0 Å². The summed E-state index contributed by atoms with van der Waals surface area (Å²) in [6.07, 6.45) is -1.15. The second kappa shape index (κ2) is 11.6. The van der Waals surface area contributed by atoms with Gasteiger partial charge in [0.05, 0.1) is 18.9 Å². The molecule has 0 bridgehead atoms. The Hall–Kier alpha value is -3.31. The van der Waals surface area contributed by atoms with E-state index in [1.54, 1.807) is 13.8 Å². The van der Waals surface area contributed by atoms with Gasteiger partial charge in [-0.1, -0.05) is 33.6 Å². The number of unbranched alkanes of at least 4 members (excludes halogenated alkanes) is 2. The van der Waals surface area contributed by atoms with Gasteiger partial charge in [0.15, 0.2) is 11.9 Å². The van der Waals surface area contributed by atoms with Crippen LogP contribution in [0.2, 0.25) is 0 Å². The van der Waals surface area contributed by atoms with Crippen molar-refractivity contribution in [3.8, 4) is 6.07 Å². The molecule has 1 saturated heterocycles. The molecular formula is C23H32N6O7. The molecule has 5 N–H and O–H groups in total. The number of hydrogen-bond acceptors (Lipinski definition) is 11. The van der Waals surface area contributed by atoms with E-state index in [9.17, 15) is 25.1 Å². The molecule has 2 aromatic rings. The van der Waals surface area contributed by atoms with Crippen molar-refractivity contribution in [2.75, 3.05) is 18.5 Å². The van der Waals surface area contributed by atoms with Crippen molar-refractivity contribution < 1.29 is 34.0 Å². The van der Waals surface area contributed by atoms with Gasteiger partial charge in [0.25, 0.3) is 0 Å². The summed E-state index contributed by atoms with van der Waals surface area (Å²) < 4.78 is 17.6. The Kier molecular flexibility index (Phi) is 8.80. The summed E-state index contributed by atoms with van der Waals surface area (Å²) in [7, 11) is 0. The van der Waals surface area contributed by atoms with E-state index in [1.165, 1.54) is 16.6 Å². The first kappa shape index (κ1) is 27.3. The van der Waals surface area contributed by atoms with Gasteiger partial charge in [0, 0.05) is 0 Å². The van der Waals surface area contributed by atoms with Crippen LogP contribution in [0, 0.1) is 17.2 Å². The first-order valence-corrected chi connectivity index (χ1v) is 11.8. The molecule has 0 radical (unpaired) electrons. The molecule has 13 nitrogen and oxygen atoms in total. The van der Waals surface area contributed by atoms with Crippen LogP contribution in [-0.4, -0.2) is 74.4 Å². The van der Waals surface area contributed by atoms with Crippen molar-refractivity contribution in [1.29, 1.82) is 5.26 Å². The Bertz CT molecular complexity index is 1120. The number of rotatable bonds is 10. The molecule has 1 fully saturated rings. The molecule has 36 heavy (non-hydrogen) atoms. The number of hydrogen-bond donors (Lipinski definition) is 4. The minimum atomic E-state index is -2.06. The van der Waals surface area contributed by atoms with Gasteiger partial charge in [-0.15, -0.1) is 0 Å². The molecule has 1 amide bonds. The number of carbonyl (C=O) groups is 2. The number of amides is 1. The zero-order valence-corrected chi connectivity index (χ0v) is 20.5. The number of aliphatic hydroxyl groups excluding tert-OH is 2. The smallest absolute Gasteiger partial charge is 0.412 e. The second-order valence-electron chi connectivity index (χ2n) is 8.89. The minimum Gasteiger partial charge on any atom is -0.455 e. The lowest BCUT2D eigenvalue weighted by atomic mass is 9.92. The van der Waals surface area contributed by atoms with Gasteiger partial charge in [0.2, 0.25) is 5.60 Å². The van der Waals surface area contributed by atoms with Crippen molar-refractivity contribution in [2.45, 2.75) is 70.0 Å². The maximum Gasteiger partial charge on any atom is 0.412 e. The predicted octanol–water partition coefficient (Wildman–Crippen LogP) is 0.834. The molecule has 2 aromatic heterocycles. The van der Waals surface area contributed by atoms with Gasteiger partial charge in [-0.3, -0.25) is 10.1 Å². The predicted molar refractivity (Wildman–Crippen MR) is 125 cm³/mol. The van der Waals surface area contributed by atoms with Crippen LogP contribution in [0.5, 0.6) is 0 Å². The normalized spacial score (nSPS) is 24.4. The molecule has 196 valence electrons. The summed E-state index contributed by atoms with van der Waals surface area (Å²) in [5, 5.41) is 37.8. The van der Waals surface area contributed by atoms with E-state index < -0.39 is 48.6 Å². The van der Waals surface area contributed by atoms with Gasteiger partial charge in [-0.05, 0) is 24.5 Å². The Morgan fingerprint density at radius 3 is 2.78 bits per heavy atom. The molecule has 0 unspecified atom stereocenters. The topological polar surface area (TPSA) is 194 Å².